The number of hydrogen-bond donors (Lipinski definition) is 1. The lowest BCUT2D eigenvalue weighted by Gasteiger charge is -2.14. The predicted molar refractivity (Wildman–Crippen MR) is 74.5 cm³/mol. The summed E-state index contributed by atoms with van der Waals surface area (Å²) in [5.41, 5.74) is 8.94. The van der Waals surface area contributed by atoms with Crippen LogP contribution >= 0.6 is 0 Å². The van der Waals surface area contributed by atoms with Gasteiger partial charge in [0.1, 0.15) is 17.5 Å². The summed E-state index contributed by atoms with van der Waals surface area (Å²) in [5, 5.41) is 15.8. The number of nitrogens with zero attached hydrogens (tertiary/aromatic N) is 4. The van der Waals surface area contributed by atoms with Gasteiger partial charge in [0.2, 0.25) is 0 Å². The highest BCUT2D eigenvalue weighted by molar-refractivity contribution is 5.41. The monoisotopic (exact) mass is 275 g/mol. The van der Waals surface area contributed by atoms with Crippen LogP contribution in [0.5, 0.6) is 11.5 Å². The Morgan fingerprint density at radius 3 is 2.50 bits per heavy atom. The van der Waals surface area contributed by atoms with Crippen LogP contribution in [0.15, 0.2) is 23.3 Å². The van der Waals surface area contributed by atoms with Gasteiger partial charge < -0.3 is 9.47 Å². The van der Waals surface area contributed by atoms with E-state index in [9.17, 15) is 5.26 Å². The third kappa shape index (κ3) is 4.69. The average Bonchev–Trinajstić information content (AvgIpc) is 2.50. The Kier molecular flexibility index (Phi) is 6.76. The fraction of sp³-hybridized carbons (Fsp3) is 0.462. The molecule has 0 bridgehead atoms. The van der Waals surface area contributed by atoms with Crippen LogP contribution in [0.3, 0.4) is 0 Å². The standard InChI is InChI=1S/C13H17N5O2/c1-19-11-6-10(7-12(8-11)20-2)13(9-14)16-4-3-5-17-18-15/h6-8,13,16H,3-5H2,1-2H3. The Morgan fingerprint density at radius 2 is 2.00 bits per heavy atom. The molecule has 0 aromatic heterocycles. The summed E-state index contributed by atoms with van der Waals surface area (Å²) in [6.07, 6.45) is 0.670. The number of ether oxygens (including phenoxy) is 2. The Morgan fingerprint density at radius 1 is 1.35 bits per heavy atom. The zero-order chi connectivity index (χ0) is 14.8. The second-order valence-corrected chi connectivity index (χ2v) is 3.97. The van der Waals surface area contributed by atoms with Crippen LogP contribution in [-0.2, 0) is 0 Å². The van der Waals surface area contributed by atoms with Gasteiger partial charge in [-0.2, -0.15) is 5.26 Å². The molecule has 1 rings (SSSR count). The molecule has 7 nitrogen and oxygen atoms in total. The molecule has 0 radical (unpaired) electrons. The number of azide groups is 1. The van der Waals surface area contributed by atoms with Gasteiger partial charge in [-0.1, -0.05) is 5.11 Å². The summed E-state index contributed by atoms with van der Waals surface area (Å²) in [5.74, 6) is 1.27. The third-order valence-corrected chi connectivity index (χ3v) is 2.68. The molecular weight excluding hydrogens is 258 g/mol. The maximum Gasteiger partial charge on any atom is 0.122 e. The maximum absolute atomic E-state index is 9.23. The number of rotatable bonds is 8. The number of benzene rings is 1. The minimum atomic E-state index is -0.468. The molecule has 0 fully saturated rings. The maximum atomic E-state index is 9.23. The van der Waals surface area contributed by atoms with Crippen molar-refractivity contribution in [2.45, 2.75) is 12.5 Å². The molecule has 0 amide bonds. The SMILES string of the molecule is COc1cc(OC)cc(C(C#N)NCCCN=[N+]=[N-])c1. The second-order valence-electron chi connectivity index (χ2n) is 3.97. The summed E-state index contributed by atoms with van der Waals surface area (Å²) in [6.45, 7) is 0.986. The molecule has 106 valence electrons. The van der Waals surface area contributed by atoms with Gasteiger partial charge in [-0.3, -0.25) is 5.32 Å². The molecule has 0 aliphatic rings. The highest BCUT2D eigenvalue weighted by Crippen LogP contribution is 2.26. The van der Waals surface area contributed by atoms with E-state index in [2.05, 4.69) is 21.4 Å². The molecule has 0 saturated carbocycles. The molecule has 1 N–H and O–H groups in total. The lowest BCUT2D eigenvalue weighted by molar-refractivity contribution is 0.392. The highest BCUT2D eigenvalue weighted by atomic mass is 16.5. The Labute approximate surface area is 117 Å². The van der Waals surface area contributed by atoms with Crippen LogP contribution in [0.25, 0.3) is 10.4 Å². The fourth-order valence-corrected chi connectivity index (χ4v) is 1.68. The molecule has 0 heterocycles. The van der Waals surface area contributed by atoms with Crippen LogP contribution in [0, 0.1) is 11.3 Å². The van der Waals surface area contributed by atoms with Gasteiger partial charge in [0.05, 0.1) is 20.3 Å². The van der Waals surface area contributed by atoms with Crippen LogP contribution in [0.2, 0.25) is 0 Å². The number of hydrogen-bond acceptors (Lipinski definition) is 5. The zero-order valence-electron chi connectivity index (χ0n) is 11.5. The number of methoxy groups -OCH3 is 2. The smallest absolute Gasteiger partial charge is 0.122 e. The van der Waals surface area contributed by atoms with Gasteiger partial charge >= 0.3 is 0 Å². The average molecular weight is 275 g/mol. The van der Waals surface area contributed by atoms with Gasteiger partial charge in [0, 0.05) is 17.5 Å². The van der Waals surface area contributed by atoms with E-state index in [1.54, 1.807) is 32.4 Å². The minimum Gasteiger partial charge on any atom is -0.497 e. The molecule has 7 heteroatoms. The van der Waals surface area contributed by atoms with E-state index in [1.165, 1.54) is 0 Å². The number of nitriles is 1. The second kappa shape index (κ2) is 8.64. The molecular formula is C13H17N5O2. The van der Waals surface area contributed by atoms with Crippen molar-refractivity contribution in [3.05, 3.63) is 34.2 Å². The van der Waals surface area contributed by atoms with Crippen molar-refractivity contribution in [1.82, 2.24) is 5.32 Å². The van der Waals surface area contributed by atoms with Crippen molar-refractivity contribution in [2.75, 3.05) is 27.3 Å². The van der Waals surface area contributed by atoms with E-state index in [4.69, 9.17) is 15.0 Å². The van der Waals surface area contributed by atoms with Crippen LogP contribution in [0.4, 0.5) is 0 Å². The molecule has 0 aliphatic carbocycles. The van der Waals surface area contributed by atoms with Crippen molar-refractivity contribution >= 4 is 0 Å². The molecule has 20 heavy (non-hydrogen) atoms. The van der Waals surface area contributed by atoms with E-state index in [-0.39, 0.29) is 0 Å². The highest BCUT2D eigenvalue weighted by Gasteiger charge is 2.12. The molecule has 1 aromatic carbocycles. The topological polar surface area (TPSA) is 103 Å². The van der Waals surface area contributed by atoms with E-state index >= 15 is 0 Å². The summed E-state index contributed by atoms with van der Waals surface area (Å²) >= 11 is 0. The summed E-state index contributed by atoms with van der Waals surface area (Å²) in [4.78, 5) is 2.68. The first kappa shape index (κ1) is 15.6. The fourth-order valence-electron chi connectivity index (χ4n) is 1.68. The zero-order valence-corrected chi connectivity index (χ0v) is 11.5. The largest absolute Gasteiger partial charge is 0.497 e. The van der Waals surface area contributed by atoms with Gasteiger partial charge in [-0.05, 0) is 36.2 Å². The molecule has 1 unspecified atom stereocenters. The first-order valence-electron chi connectivity index (χ1n) is 6.12. The van der Waals surface area contributed by atoms with E-state index in [0.717, 1.165) is 5.56 Å². The van der Waals surface area contributed by atoms with E-state index < -0.39 is 6.04 Å². The molecule has 0 saturated heterocycles. The van der Waals surface area contributed by atoms with Crippen LogP contribution < -0.4 is 14.8 Å². The molecule has 0 spiro atoms. The quantitative estimate of drug-likeness (QED) is 0.341. The molecule has 1 atom stereocenters. The summed E-state index contributed by atoms with van der Waals surface area (Å²) < 4.78 is 10.4. The van der Waals surface area contributed by atoms with Crippen LogP contribution in [-0.4, -0.2) is 27.3 Å². The van der Waals surface area contributed by atoms with E-state index in [1.807, 2.05) is 0 Å². The lowest BCUT2D eigenvalue weighted by Crippen LogP contribution is -2.21. The van der Waals surface area contributed by atoms with Crippen molar-refractivity contribution < 1.29 is 9.47 Å². The van der Waals surface area contributed by atoms with Crippen molar-refractivity contribution in [2.24, 2.45) is 5.11 Å². The van der Waals surface area contributed by atoms with Gasteiger partial charge in [0.25, 0.3) is 0 Å². The third-order valence-electron chi connectivity index (χ3n) is 2.68. The van der Waals surface area contributed by atoms with Crippen LogP contribution in [0.1, 0.15) is 18.0 Å². The molecule has 1 aromatic rings. The normalized spacial score (nSPS) is 11.1. The minimum absolute atomic E-state index is 0.406. The van der Waals surface area contributed by atoms with Crippen molar-refractivity contribution in [1.29, 1.82) is 5.26 Å². The molecule has 0 aliphatic heterocycles. The van der Waals surface area contributed by atoms with Crippen molar-refractivity contribution in [3.8, 4) is 17.6 Å². The van der Waals surface area contributed by atoms with E-state index in [0.29, 0.717) is 31.0 Å². The Bertz CT molecular complexity index is 498. The first-order chi connectivity index (χ1) is 9.74. The van der Waals surface area contributed by atoms with Gasteiger partial charge in [-0.25, -0.2) is 0 Å². The first-order valence-corrected chi connectivity index (χ1v) is 6.12. The Balaban J connectivity index is 2.73. The number of nitrogens with one attached hydrogen (secondary N) is 1. The summed E-state index contributed by atoms with van der Waals surface area (Å²) in [7, 11) is 3.13. The van der Waals surface area contributed by atoms with Gasteiger partial charge in [-0.15, -0.1) is 0 Å². The predicted octanol–water partition coefficient (Wildman–Crippen LogP) is 2.56. The summed E-state index contributed by atoms with van der Waals surface area (Å²) in [6, 6.07) is 7.05. The van der Waals surface area contributed by atoms with Gasteiger partial charge in [0.15, 0.2) is 0 Å². The van der Waals surface area contributed by atoms with Crippen molar-refractivity contribution in [3.63, 3.8) is 0 Å². The lowest BCUT2D eigenvalue weighted by atomic mass is 10.1. The Hall–Kier alpha value is -2.42.